The average molecular weight is 303 g/mol. The molecule has 1 unspecified atom stereocenters. The maximum Gasteiger partial charge on any atom is 0.237 e. The maximum atomic E-state index is 12.2. The average Bonchev–Trinajstić information content (AvgIpc) is 2.51. The number of hydrogen-bond donors (Lipinski definition) is 2. The zero-order valence-electron chi connectivity index (χ0n) is 12.3. The minimum Gasteiger partial charge on any atom is -0.395 e. The molecular weight excluding hydrogens is 282 g/mol. The summed E-state index contributed by atoms with van der Waals surface area (Å²) >= 11 is 1.75. The van der Waals surface area contributed by atoms with Gasteiger partial charge >= 0.3 is 0 Å². The van der Waals surface area contributed by atoms with E-state index >= 15 is 0 Å². The number of amides is 1. The van der Waals surface area contributed by atoms with Crippen LogP contribution in [-0.2, 0) is 4.79 Å². The number of hydrogen-bond acceptors (Lipinski definition) is 3. The molecule has 0 bridgehead atoms. The van der Waals surface area contributed by atoms with Gasteiger partial charge in [-0.2, -0.15) is 0 Å². The summed E-state index contributed by atoms with van der Waals surface area (Å²) in [6, 6.07) is 5.79. The molecule has 0 radical (unpaired) electrons. The second-order valence-electron chi connectivity index (χ2n) is 5.15. The second-order valence-corrected chi connectivity index (χ2v) is 6.46. The monoisotopic (exact) mass is 303 g/mol. The van der Waals surface area contributed by atoms with Crippen LogP contribution in [0.1, 0.15) is 36.8 Å². The molecule has 1 aromatic carbocycles. The zero-order valence-corrected chi connectivity index (χ0v) is 13.1. The predicted molar refractivity (Wildman–Crippen MR) is 88.5 cm³/mol. The van der Waals surface area contributed by atoms with Crippen LogP contribution >= 0.6 is 11.8 Å². The number of nitrogens with one attached hydrogen (secondary N) is 1. The number of aliphatic hydroxyl groups is 1. The predicted octanol–water partition coefficient (Wildman–Crippen LogP) is 2.95. The fraction of sp³-hybridized carbons (Fsp3) is 0.471. The number of aliphatic hydroxyl groups excluding tert-OH is 1. The van der Waals surface area contributed by atoms with E-state index in [9.17, 15) is 4.79 Å². The SMILES string of the molecule is Cc1ccc(NC(=O)C2CCCCS2)cc1C#CCCO. The molecule has 1 saturated heterocycles. The van der Waals surface area contributed by atoms with Crippen molar-refractivity contribution in [2.24, 2.45) is 0 Å². The Balaban J connectivity index is 2.04. The molecule has 2 rings (SSSR count). The van der Waals surface area contributed by atoms with Crippen molar-refractivity contribution in [3.05, 3.63) is 29.3 Å². The van der Waals surface area contributed by atoms with Gasteiger partial charge in [-0.05, 0) is 43.2 Å². The Morgan fingerprint density at radius 3 is 3.05 bits per heavy atom. The zero-order chi connectivity index (χ0) is 15.1. The van der Waals surface area contributed by atoms with E-state index in [4.69, 9.17) is 5.11 Å². The van der Waals surface area contributed by atoms with E-state index in [2.05, 4.69) is 17.2 Å². The van der Waals surface area contributed by atoms with Crippen molar-refractivity contribution in [2.75, 3.05) is 17.7 Å². The van der Waals surface area contributed by atoms with E-state index in [-0.39, 0.29) is 17.8 Å². The van der Waals surface area contributed by atoms with Gasteiger partial charge in [0.1, 0.15) is 0 Å². The van der Waals surface area contributed by atoms with Crippen LogP contribution in [0, 0.1) is 18.8 Å². The van der Waals surface area contributed by atoms with E-state index in [0.717, 1.165) is 35.4 Å². The van der Waals surface area contributed by atoms with Crippen molar-refractivity contribution >= 4 is 23.4 Å². The van der Waals surface area contributed by atoms with Crippen molar-refractivity contribution in [1.82, 2.24) is 0 Å². The van der Waals surface area contributed by atoms with Crippen molar-refractivity contribution in [1.29, 1.82) is 0 Å². The highest BCUT2D eigenvalue weighted by Crippen LogP contribution is 2.26. The van der Waals surface area contributed by atoms with Gasteiger partial charge in [0, 0.05) is 17.7 Å². The molecule has 0 aromatic heterocycles. The fourth-order valence-corrected chi connectivity index (χ4v) is 3.42. The van der Waals surface area contributed by atoms with Crippen LogP contribution in [0.3, 0.4) is 0 Å². The van der Waals surface area contributed by atoms with Crippen LogP contribution in [-0.4, -0.2) is 28.6 Å². The summed E-state index contributed by atoms with van der Waals surface area (Å²) in [4.78, 5) is 12.2. The maximum absolute atomic E-state index is 12.2. The summed E-state index contributed by atoms with van der Waals surface area (Å²) < 4.78 is 0. The van der Waals surface area contributed by atoms with Gasteiger partial charge in [0.25, 0.3) is 0 Å². The molecule has 1 amide bonds. The van der Waals surface area contributed by atoms with Gasteiger partial charge in [-0.15, -0.1) is 11.8 Å². The molecule has 1 aromatic rings. The quantitative estimate of drug-likeness (QED) is 0.844. The van der Waals surface area contributed by atoms with Crippen LogP contribution in [0.25, 0.3) is 0 Å². The summed E-state index contributed by atoms with van der Waals surface area (Å²) in [5.41, 5.74) is 2.77. The molecule has 1 atom stereocenters. The molecule has 112 valence electrons. The van der Waals surface area contributed by atoms with Gasteiger partial charge in [-0.25, -0.2) is 0 Å². The summed E-state index contributed by atoms with van der Waals surface area (Å²) in [6.07, 6.45) is 3.78. The van der Waals surface area contributed by atoms with Gasteiger partial charge in [0.2, 0.25) is 5.91 Å². The van der Waals surface area contributed by atoms with Crippen molar-refractivity contribution < 1.29 is 9.90 Å². The third-order valence-corrected chi connectivity index (χ3v) is 4.81. The Morgan fingerprint density at radius 1 is 1.48 bits per heavy atom. The van der Waals surface area contributed by atoms with Crippen molar-refractivity contribution in [3.8, 4) is 11.8 Å². The minimum atomic E-state index is 0.0708. The van der Waals surface area contributed by atoms with Gasteiger partial charge in [0.05, 0.1) is 11.9 Å². The van der Waals surface area contributed by atoms with Crippen molar-refractivity contribution in [3.63, 3.8) is 0 Å². The largest absolute Gasteiger partial charge is 0.395 e. The molecule has 1 aliphatic rings. The lowest BCUT2D eigenvalue weighted by Crippen LogP contribution is -2.27. The van der Waals surface area contributed by atoms with E-state index in [1.54, 1.807) is 11.8 Å². The fourth-order valence-electron chi connectivity index (χ4n) is 2.22. The van der Waals surface area contributed by atoms with E-state index in [1.807, 2.05) is 25.1 Å². The Bertz CT molecular complexity index is 554. The van der Waals surface area contributed by atoms with E-state index < -0.39 is 0 Å². The molecular formula is C17H21NO2S. The molecule has 0 aliphatic carbocycles. The number of anilines is 1. The first-order valence-electron chi connectivity index (χ1n) is 7.33. The standard InChI is InChI=1S/C17H21NO2S/c1-13-8-9-15(12-14(13)6-2-4-10-19)18-17(20)16-7-3-5-11-21-16/h8-9,12,16,19H,3-5,7,10-11H2,1H3,(H,18,20). The van der Waals surface area contributed by atoms with Crippen LogP contribution in [0.15, 0.2) is 18.2 Å². The number of thioether (sulfide) groups is 1. The normalized spacial score (nSPS) is 17.7. The molecule has 3 nitrogen and oxygen atoms in total. The summed E-state index contributed by atoms with van der Waals surface area (Å²) in [7, 11) is 0. The second kappa shape index (κ2) is 8.11. The summed E-state index contributed by atoms with van der Waals surface area (Å²) in [6.45, 7) is 2.06. The Morgan fingerprint density at radius 2 is 2.33 bits per heavy atom. The van der Waals surface area contributed by atoms with Gasteiger partial charge in [0.15, 0.2) is 0 Å². The highest BCUT2D eigenvalue weighted by molar-refractivity contribution is 8.00. The van der Waals surface area contributed by atoms with E-state index in [1.165, 1.54) is 6.42 Å². The highest BCUT2D eigenvalue weighted by Gasteiger charge is 2.21. The van der Waals surface area contributed by atoms with Crippen LogP contribution in [0.2, 0.25) is 0 Å². The minimum absolute atomic E-state index is 0.0708. The van der Waals surface area contributed by atoms with Crippen LogP contribution < -0.4 is 5.32 Å². The first kappa shape index (κ1) is 15.9. The van der Waals surface area contributed by atoms with Gasteiger partial charge < -0.3 is 10.4 Å². The number of carbonyl (C=O) groups is 1. The number of rotatable bonds is 3. The molecule has 1 heterocycles. The molecule has 1 aliphatic heterocycles. The number of benzene rings is 1. The van der Waals surface area contributed by atoms with E-state index in [0.29, 0.717) is 6.42 Å². The molecule has 0 saturated carbocycles. The topological polar surface area (TPSA) is 49.3 Å². The molecule has 0 spiro atoms. The highest BCUT2D eigenvalue weighted by atomic mass is 32.2. The smallest absolute Gasteiger partial charge is 0.237 e. The first-order valence-corrected chi connectivity index (χ1v) is 8.38. The van der Waals surface area contributed by atoms with Crippen LogP contribution in [0.4, 0.5) is 5.69 Å². The Hall–Kier alpha value is -1.44. The third kappa shape index (κ3) is 4.80. The molecule has 2 N–H and O–H groups in total. The lowest BCUT2D eigenvalue weighted by atomic mass is 10.1. The van der Waals surface area contributed by atoms with Gasteiger partial charge in [-0.3, -0.25) is 4.79 Å². The molecule has 1 fully saturated rings. The molecule has 21 heavy (non-hydrogen) atoms. The lowest BCUT2D eigenvalue weighted by Gasteiger charge is -2.20. The Labute approximate surface area is 130 Å². The summed E-state index contributed by atoms with van der Waals surface area (Å²) in [5, 5.41) is 11.8. The number of aryl methyl sites for hydroxylation is 1. The molecule has 4 heteroatoms. The number of carbonyl (C=O) groups excluding carboxylic acids is 1. The lowest BCUT2D eigenvalue weighted by molar-refractivity contribution is -0.115. The summed E-state index contributed by atoms with van der Waals surface area (Å²) in [5.74, 6) is 7.13. The first-order chi connectivity index (χ1) is 10.2. The van der Waals surface area contributed by atoms with Crippen LogP contribution in [0.5, 0.6) is 0 Å². The Kier molecular flexibility index (Phi) is 6.16. The third-order valence-electron chi connectivity index (χ3n) is 3.44. The van der Waals surface area contributed by atoms with Crippen molar-refractivity contribution in [2.45, 2.75) is 37.9 Å². The van der Waals surface area contributed by atoms with Gasteiger partial charge in [-0.1, -0.05) is 24.3 Å².